The maximum absolute atomic E-state index is 5.98. The lowest BCUT2D eigenvalue weighted by Crippen LogP contribution is -2.27. The van der Waals surface area contributed by atoms with Crippen molar-refractivity contribution >= 4 is 0 Å². The Morgan fingerprint density at radius 1 is 1.33 bits per heavy atom. The first-order chi connectivity index (χ1) is 8.39. The summed E-state index contributed by atoms with van der Waals surface area (Å²) in [4.78, 5) is 9.08. The molecule has 0 aromatic carbocycles. The van der Waals surface area contributed by atoms with Gasteiger partial charge in [-0.25, -0.2) is 9.97 Å². The Kier molecular flexibility index (Phi) is 5.23. The Morgan fingerprint density at radius 3 is 2.56 bits per heavy atom. The number of ether oxygens (including phenoxy) is 1. The molecule has 0 fully saturated rings. The molecule has 1 rings (SSSR count). The Morgan fingerprint density at radius 2 is 2.00 bits per heavy atom. The molecule has 0 saturated heterocycles. The van der Waals surface area contributed by atoms with E-state index in [4.69, 9.17) is 10.5 Å². The minimum Gasteiger partial charge on any atom is -0.368 e. The van der Waals surface area contributed by atoms with Crippen molar-refractivity contribution in [2.24, 2.45) is 5.73 Å². The standard InChI is InChI=1S/C14H25N3O/c1-6-11(15)9-12-8-10(3)16-13(17-12)14(4,5)18-7-2/h8,11H,6-7,9,15H2,1-5H3. The molecule has 1 aromatic heterocycles. The van der Waals surface area contributed by atoms with Gasteiger partial charge in [-0.3, -0.25) is 0 Å². The summed E-state index contributed by atoms with van der Waals surface area (Å²) in [6.07, 6.45) is 1.74. The fourth-order valence-corrected chi connectivity index (χ4v) is 1.85. The van der Waals surface area contributed by atoms with Crippen LogP contribution in [0.4, 0.5) is 0 Å². The Balaban J connectivity index is 3.00. The molecule has 0 radical (unpaired) electrons. The van der Waals surface area contributed by atoms with E-state index in [1.807, 2.05) is 33.8 Å². The Hall–Kier alpha value is -1.00. The highest BCUT2D eigenvalue weighted by atomic mass is 16.5. The van der Waals surface area contributed by atoms with Gasteiger partial charge < -0.3 is 10.5 Å². The molecule has 2 N–H and O–H groups in total. The molecule has 4 nitrogen and oxygen atoms in total. The summed E-state index contributed by atoms with van der Waals surface area (Å²) < 4.78 is 5.70. The summed E-state index contributed by atoms with van der Waals surface area (Å²) in [5.41, 5.74) is 7.49. The Bertz CT molecular complexity index is 391. The minimum atomic E-state index is -0.453. The number of aromatic nitrogens is 2. The summed E-state index contributed by atoms with van der Waals surface area (Å²) in [5, 5.41) is 0. The molecule has 102 valence electrons. The first-order valence-electron chi connectivity index (χ1n) is 6.63. The van der Waals surface area contributed by atoms with Gasteiger partial charge in [0, 0.05) is 30.5 Å². The van der Waals surface area contributed by atoms with Gasteiger partial charge in [0.05, 0.1) is 0 Å². The minimum absolute atomic E-state index is 0.155. The number of aryl methyl sites for hydroxylation is 1. The normalized spacial score (nSPS) is 13.7. The van der Waals surface area contributed by atoms with Crippen LogP contribution in [0.2, 0.25) is 0 Å². The third kappa shape index (κ3) is 4.03. The number of nitrogens with two attached hydrogens (primary N) is 1. The zero-order valence-corrected chi connectivity index (χ0v) is 12.2. The van der Waals surface area contributed by atoms with Crippen molar-refractivity contribution in [2.75, 3.05) is 6.61 Å². The third-order valence-corrected chi connectivity index (χ3v) is 2.95. The highest BCUT2D eigenvalue weighted by Gasteiger charge is 2.25. The molecule has 0 spiro atoms. The van der Waals surface area contributed by atoms with E-state index in [0.717, 1.165) is 30.1 Å². The van der Waals surface area contributed by atoms with Crippen molar-refractivity contribution in [2.45, 2.75) is 59.1 Å². The lowest BCUT2D eigenvalue weighted by atomic mass is 10.1. The molecule has 0 aliphatic carbocycles. The Labute approximate surface area is 110 Å². The average Bonchev–Trinajstić information content (AvgIpc) is 2.28. The first kappa shape index (κ1) is 15.1. The van der Waals surface area contributed by atoms with Gasteiger partial charge in [0.15, 0.2) is 5.82 Å². The van der Waals surface area contributed by atoms with Crippen molar-refractivity contribution in [3.8, 4) is 0 Å². The molecular formula is C14H25N3O. The quantitative estimate of drug-likeness (QED) is 0.843. The zero-order valence-electron chi connectivity index (χ0n) is 12.2. The predicted molar refractivity (Wildman–Crippen MR) is 73.4 cm³/mol. The molecule has 0 aliphatic rings. The largest absolute Gasteiger partial charge is 0.368 e. The summed E-state index contributed by atoms with van der Waals surface area (Å²) in [5.74, 6) is 0.739. The van der Waals surface area contributed by atoms with Crippen LogP contribution < -0.4 is 5.73 Å². The zero-order chi connectivity index (χ0) is 13.8. The van der Waals surface area contributed by atoms with Crippen LogP contribution in [0.1, 0.15) is 51.3 Å². The molecule has 1 atom stereocenters. The summed E-state index contributed by atoms with van der Waals surface area (Å²) in [6.45, 7) is 10.7. The molecule has 0 aliphatic heterocycles. The van der Waals surface area contributed by atoms with Gasteiger partial charge >= 0.3 is 0 Å². The van der Waals surface area contributed by atoms with Crippen LogP contribution in [0.15, 0.2) is 6.07 Å². The van der Waals surface area contributed by atoms with E-state index in [-0.39, 0.29) is 6.04 Å². The number of nitrogens with zero attached hydrogens (tertiary/aromatic N) is 2. The van der Waals surface area contributed by atoms with Gasteiger partial charge in [-0.15, -0.1) is 0 Å². The van der Waals surface area contributed by atoms with Crippen molar-refractivity contribution in [3.05, 3.63) is 23.3 Å². The van der Waals surface area contributed by atoms with Crippen LogP contribution >= 0.6 is 0 Å². The molecule has 18 heavy (non-hydrogen) atoms. The van der Waals surface area contributed by atoms with E-state index in [9.17, 15) is 0 Å². The van der Waals surface area contributed by atoms with E-state index in [2.05, 4.69) is 16.9 Å². The maximum Gasteiger partial charge on any atom is 0.160 e. The van der Waals surface area contributed by atoms with Gasteiger partial charge in [0.25, 0.3) is 0 Å². The average molecular weight is 251 g/mol. The summed E-state index contributed by atoms with van der Waals surface area (Å²) >= 11 is 0. The van der Waals surface area contributed by atoms with Crippen LogP contribution in [0.3, 0.4) is 0 Å². The molecule has 4 heteroatoms. The molecule has 0 amide bonds. The fraction of sp³-hybridized carbons (Fsp3) is 0.714. The number of hydrogen-bond acceptors (Lipinski definition) is 4. The van der Waals surface area contributed by atoms with E-state index in [1.165, 1.54) is 0 Å². The SMILES string of the molecule is CCOC(C)(C)c1nc(C)cc(CC(N)CC)n1. The second-order valence-electron chi connectivity index (χ2n) is 5.14. The highest BCUT2D eigenvalue weighted by Crippen LogP contribution is 2.21. The third-order valence-electron chi connectivity index (χ3n) is 2.95. The molecular weight excluding hydrogens is 226 g/mol. The van der Waals surface area contributed by atoms with E-state index < -0.39 is 5.60 Å². The molecule has 1 unspecified atom stereocenters. The maximum atomic E-state index is 5.98. The second-order valence-corrected chi connectivity index (χ2v) is 5.14. The van der Waals surface area contributed by atoms with Crippen LogP contribution in [0.5, 0.6) is 0 Å². The van der Waals surface area contributed by atoms with Crippen molar-refractivity contribution in [1.29, 1.82) is 0 Å². The van der Waals surface area contributed by atoms with Crippen molar-refractivity contribution < 1.29 is 4.74 Å². The summed E-state index contributed by atoms with van der Waals surface area (Å²) in [7, 11) is 0. The van der Waals surface area contributed by atoms with Crippen LogP contribution in [-0.4, -0.2) is 22.6 Å². The lowest BCUT2D eigenvalue weighted by molar-refractivity contribution is -0.0210. The van der Waals surface area contributed by atoms with Crippen LogP contribution in [-0.2, 0) is 16.8 Å². The number of hydrogen-bond donors (Lipinski definition) is 1. The van der Waals surface area contributed by atoms with Crippen molar-refractivity contribution in [3.63, 3.8) is 0 Å². The fourth-order valence-electron chi connectivity index (χ4n) is 1.85. The first-order valence-corrected chi connectivity index (χ1v) is 6.63. The van der Waals surface area contributed by atoms with Gasteiger partial charge in [0.1, 0.15) is 5.60 Å². The lowest BCUT2D eigenvalue weighted by Gasteiger charge is -2.24. The van der Waals surface area contributed by atoms with Crippen LogP contribution in [0.25, 0.3) is 0 Å². The molecule has 1 aromatic rings. The van der Waals surface area contributed by atoms with E-state index >= 15 is 0 Å². The second kappa shape index (κ2) is 6.25. The molecule has 1 heterocycles. The smallest absolute Gasteiger partial charge is 0.160 e. The molecule has 0 saturated carbocycles. The van der Waals surface area contributed by atoms with E-state index in [1.54, 1.807) is 0 Å². The monoisotopic (exact) mass is 251 g/mol. The van der Waals surface area contributed by atoms with Gasteiger partial charge in [-0.05, 0) is 40.2 Å². The van der Waals surface area contributed by atoms with Gasteiger partial charge in [0.2, 0.25) is 0 Å². The molecule has 0 bridgehead atoms. The number of rotatable bonds is 6. The highest BCUT2D eigenvalue weighted by molar-refractivity contribution is 5.14. The van der Waals surface area contributed by atoms with Crippen LogP contribution in [0, 0.1) is 6.92 Å². The summed E-state index contributed by atoms with van der Waals surface area (Å²) in [6, 6.07) is 2.16. The van der Waals surface area contributed by atoms with E-state index in [0.29, 0.717) is 6.61 Å². The predicted octanol–water partition coefficient (Wildman–Crippen LogP) is 2.34. The topological polar surface area (TPSA) is 61.0 Å². The van der Waals surface area contributed by atoms with Crippen molar-refractivity contribution in [1.82, 2.24) is 9.97 Å². The van der Waals surface area contributed by atoms with Gasteiger partial charge in [-0.2, -0.15) is 0 Å². The van der Waals surface area contributed by atoms with Gasteiger partial charge in [-0.1, -0.05) is 6.92 Å².